The number of carboxylic acids is 1. The molecule has 2 N–H and O–H groups in total. The quantitative estimate of drug-likeness (QED) is 0.643. The number of hydrogen-bond donors (Lipinski definition) is 2. The zero-order valence-corrected chi connectivity index (χ0v) is 16.4. The highest BCUT2D eigenvalue weighted by molar-refractivity contribution is 5.88. The van der Waals surface area contributed by atoms with E-state index in [0.717, 1.165) is 10.5 Å². The van der Waals surface area contributed by atoms with Crippen LogP contribution in [-0.2, 0) is 20.9 Å². The van der Waals surface area contributed by atoms with Gasteiger partial charge in [0, 0.05) is 6.54 Å². The molecular formula is C21H20N2O8. The molecule has 1 aliphatic heterocycles. The average molecular weight is 428 g/mol. The van der Waals surface area contributed by atoms with Gasteiger partial charge in [-0.15, -0.1) is 0 Å². The Morgan fingerprint density at radius 2 is 1.90 bits per heavy atom. The lowest BCUT2D eigenvalue weighted by Gasteiger charge is -2.19. The van der Waals surface area contributed by atoms with Crippen LogP contribution in [0.25, 0.3) is 0 Å². The molecule has 0 aromatic heterocycles. The maximum Gasteiger partial charge on any atom is 0.413 e. The van der Waals surface area contributed by atoms with Crippen molar-refractivity contribution in [3.05, 3.63) is 65.7 Å². The molecule has 3 rings (SSSR count). The molecule has 1 heterocycles. The maximum absolute atomic E-state index is 12.3. The van der Waals surface area contributed by atoms with E-state index in [1.54, 1.807) is 12.1 Å². The average Bonchev–Trinajstić information content (AvgIpc) is 3.13. The molecule has 1 aliphatic rings. The summed E-state index contributed by atoms with van der Waals surface area (Å²) in [5, 5.41) is 11.4. The monoisotopic (exact) mass is 428 g/mol. The molecule has 10 nitrogen and oxygen atoms in total. The van der Waals surface area contributed by atoms with Gasteiger partial charge in [0.15, 0.2) is 6.73 Å². The van der Waals surface area contributed by atoms with Crippen molar-refractivity contribution in [1.29, 1.82) is 0 Å². The summed E-state index contributed by atoms with van der Waals surface area (Å²) in [5.74, 6) is -1.69. The number of rotatable bonds is 7. The molecule has 10 heteroatoms. The Hall–Kier alpha value is -4.08. The van der Waals surface area contributed by atoms with Crippen molar-refractivity contribution >= 4 is 24.1 Å². The van der Waals surface area contributed by atoms with Gasteiger partial charge in [-0.3, -0.25) is 4.90 Å². The van der Waals surface area contributed by atoms with Crippen LogP contribution < -0.4 is 10.1 Å². The standard InChI is InChI=1S/C21H20N2O8/c24-18(25)15-7-4-8-16(11-15)31-20(27)22-10-9-17-19(26)30-13-23(17)21(28)29-12-14-5-2-1-3-6-14/h1-8,11,17H,9-10,12-13H2,(H,22,27)(H,24,25)/t17-/m0/s1. The number of nitrogens with zero attached hydrogens (tertiary/aromatic N) is 1. The van der Waals surface area contributed by atoms with E-state index in [1.807, 2.05) is 18.2 Å². The van der Waals surface area contributed by atoms with Gasteiger partial charge in [0.05, 0.1) is 5.56 Å². The molecule has 0 aliphatic carbocycles. The van der Waals surface area contributed by atoms with Crippen LogP contribution >= 0.6 is 0 Å². The first-order chi connectivity index (χ1) is 14.9. The van der Waals surface area contributed by atoms with Gasteiger partial charge in [0.1, 0.15) is 18.4 Å². The molecule has 31 heavy (non-hydrogen) atoms. The molecule has 1 atom stereocenters. The second kappa shape index (κ2) is 10.1. The number of benzene rings is 2. The Balaban J connectivity index is 1.47. The first kappa shape index (κ1) is 21.6. The number of aromatic carboxylic acids is 1. The highest BCUT2D eigenvalue weighted by Crippen LogP contribution is 2.17. The number of nitrogens with one attached hydrogen (secondary N) is 1. The van der Waals surface area contributed by atoms with Gasteiger partial charge in [-0.2, -0.15) is 0 Å². The second-order valence-corrected chi connectivity index (χ2v) is 6.56. The fourth-order valence-electron chi connectivity index (χ4n) is 2.85. The first-order valence-corrected chi connectivity index (χ1v) is 9.37. The lowest BCUT2D eigenvalue weighted by atomic mass is 10.2. The van der Waals surface area contributed by atoms with Gasteiger partial charge < -0.3 is 24.6 Å². The molecule has 2 aromatic rings. The Morgan fingerprint density at radius 3 is 2.65 bits per heavy atom. The van der Waals surface area contributed by atoms with Crippen LogP contribution in [0.1, 0.15) is 22.3 Å². The number of carbonyl (C=O) groups is 4. The Morgan fingerprint density at radius 1 is 1.13 bits per heavy atom. The van der Waals surface area contributed by atoms with Crippen molar-refractivity contribution in [2.75, 3.05) is 13.3 Å². The minimum atomic E-state index is -1.15. The van der Waals surface area contributed by atoms with E-state index in [2.05, 4.69) is 5.32 Å². The van der Waals surface area contributed by atoms with Crippen LogP contribution in [0.5, 0.6) is 5.75 Å². The summed E-state index contributed by atoms with van der Waals surface area (Å²) in [5.41, 5.74) is 0.777. The van der Waals surface area contributed by atoms with Gasteiger partial charge in [0.25, 0.3) is 0 Å². The summed E-state index contributed by atoms with van der Waals surface area (Å²) in [6.45, 7) is -0.166. The zero-order chi connectivity index (χ0) is 22.2. The van der Waals surface area contributed by atoms with Gasteiger partial charge in [-0.25, -0.2) is 19.2 Å². The van der Waals surface area contributed by atoms with E-state index in [4.69, 9.17) is 19.3 Å². The molecule has 2 amide bonds. The van der Waals surface area contributed by atoms with Gasteiger partial charge in [-0.1, -0.05) is 36.4 Å². The van der Waals surface area contributed by atoms with Gasteiger partial charge in [-0.05, 0) is 30.2 Å². The summed E-state index contributed by atoms with van der Waals surface area (Å²) in [7, 11) is 0. The highest BCUT2D eigenvalue weighted by Gasteiger charge is 2.38. The molecule has 0 spiro atoms. The number of amides is 2. The largest absolute Gasteiger partial charge is 0.478 e. The minimum Gasteiger partial charge on any atom is -0.478 e. The minimum absolute atomic E-state index is 0.0136. The fraction of sp³-hybridized carbons (Fsp3) is 0.238. The first-order valence-electron chi connectivity index (χ1n) is 9.37. The second-order valence-electron chi connectivity index (χ2n) is 6.56. The Kier molecular flexibility index (Phi) is 7.05. The molecule has 0 saturated carbocycles. The smallest absolute Gasteiger partial charge is 0.413 e. The molecule has 2 aromatic carbocycles. The summed E-state index contributed by atoms with van der Waals surface area (Å²) in [4.78, 5) is 48.3. The van der Waals surface area contributed by atoms with Crippen molar-refractivity contribution in [3.8, 4) is 5.75 Å². The van der Waals surface area contributed by atoms with Crippen LogP contribution in [0.4, 0.5) is 9.59 Å². The van der Waals surface area contributed by atoms with Crippen LogP contribution in [0.2, 0.25) is 0 Å². The molecule has 162 valence electrons. The number of cyclic esters (lactones) is 1. The third-order valence-corrected chi connectivity index (χ3v) is 4.41. The van der Waals surface area contributed by atoms with Crippen LogP contribution in [0.15, 0.2) is 54.6 Å². The van der Waals surface area contributed by atoms with Crippen molar-refractivity contribution in [2.45, 2.75) is 19.1 Å². The van der Waals surface area contributed by atoms with Crippen molar-refractivity contribution in [3.63, 3.8) is 0 Å². The molecular weight excluding hydrogens is 408 g/mol. The lowest BCUT2D eigenvalue weighted by Crippen LogP contribution is -2.41. The van der Waals surface area contributed by atoms with Crippen LogP contribution in [0, 0.1) is 0 Å². The number of carboxylic acid groups (broad SMARTS) is 1. The predicted molar refractivity (Wildman–Crippen MR) is 105 cm³/mol. The summed E-state index contributed by atoms with van der Waals surface area (Å²) >= 11 is 0. The maximum atomic E-state index is 12.3. The normalized spacial score (nSPS) is 15.2. The number of esters is 1. The van der Waals surface area contributed by atoms with E-state index < -0.39 is 30.2 Å². The summed E-state index contributed by atoms with van der Waals surface area (Å²) in [6, 6.07) is 13.6. The third kappa shape index (κ3) is 5.95. The molecule has 0 bridgehead atoms. The Bertz CT molecular complexity index is 963. The number of ether oxygens (including phenoxy) is 3. The number of hydrogen-bond acceptors (Lipinski definition) is 7. The van der Waals surface area contributed by atoms with E-state index in [0.29, 0.717) is 0 Å². The topological polar surface area (TPSA) is 131 Å². The van der Waals surface area contributed by atoms with Crippen LogP contribution in [0.3, 0.4) is 0 Å². The third-order valence-electron chi connectivity index (χ3n) is 4.41. The zero-order valence-electron chi connectivity index (χ0n) is 16.4. The van der Waals surface area contributed by atoms with E-state index in [9.17, 15) is 19.2 Å². The molecule has 1 saturated heterocycles. The van der Waals surface area contributed by atoms with Gasteiger partial charge in [0.2, 0.25) is 0 Å². The van der Waals surface area contributed by atoms with Crippen LogP contribution in [-0.4, -0.2) is 53.4 Å². The predicted octanol–water partition coefficient (Wildman–Crippen LogP) is 2.38. The molecule has 0 unspecified atom stereocenters. The van der Waals surface area contributed by atoms with E-state index >= 15 is 0 Å². The van der Waals surface area contributed by atoms with Crippen molar-refractivity contribution < 1.29 is 38.5 Å². The van der Waals surface area contributed by atoms with Crippen molar-refractivity contribution in [1.82, 2.24) is 10.2 Å². The SMILES string of the molecule is O=C(NCC[C@H]1C(=O)OCN1C(=O)OCc1ccccc1)Oc1cccc(C(=O)O)c1. The molecule has 1 fully saturated rings. The molecule has 0 radical (unpaired) electrons. The van der Waals surface area contributed by atoms with E-state index in [1.165, 1.54) is 24.3 Å². The number of carbonyl (C=O) groups excluding carboxylic acids is 3. The summed E-state index contributed by atoms with van der Waals surface area (Å²) < 4.78 is 15.2. The highest BCUT2D eigenvalue weighted by atomic mass is 16.6. The van der Waals surface area contributed by atoms with Gasteiger partial charge >= 0.3 is 24.1 Å². The summed E-state index contributed by atoms with van der Waals surface area (Å²) in [6.07, 6.45) is -1.44. The lowest BCUT2D eigenvalue weighted by molar-refractivity contribution is -0.139. The fourth-order valence-corrected chi connectivity index (χ4v) is 2.85. The van der Waals surface area contributed by atoms with E-state index in [-0.39, 0.29) is 37.6 Å². The Labute approximate surface area is 177 Å². The van der Waals surface area contributed by atoms with Crippen molar-refractivity contribution in [2.24, 2.45) is 0 Å².